The van der Waals surface area contributed by atoms with E-state index < -0.39 is 24.1 Å². The molecule has 76 valence electrons. The summed E-state index contributed by atoms with van der Waals surface area (Å²) >= 11 is 0. The molecule has 0 rings (SSSR count). The normalized spacial score (nSPS) is 13.1. The van der Waals surface area contributed by atoms with Crippen molar-refractivity contribution in [1.29, 1.82) is 0 Å². The van der Waals surface area contributed by atoms with Gasteiger partial charge < -0.3 is 9.84 Å². The van der Waals surface area contributed by atoms with E-state index in [-0.39, 0.29) is 12.7 Å². The molecule has 13 heavy (non-hydrogen) atoms. The first-order valence-electron chi connectivity index (χ1n) is 3.37. The number of alkyl halides is 3. The van der Waals surface area contributed by atoms with E-state index in [1.165, 1.54) is 7.11 Å². The average molecular weight is 198 g/mol. The van der Waals surface area contributed by atoms with E-state index in [0.717, 1.165) is 0 Å². The molecule has 0 aliphatic rings. The van der Waals surface area contributed by atoms with Gasteiger partial charge in [-0.15, -0.1) is 0 Å². The molecule has 0 unspecified atom stereocenters. The molecule has 0 fully saturated rings. The Balaban J connectivity index is 4.47. The maximum absolute atomic E-state index is 12.0. The summed E-state index contributed by atoms with van der Waals surface area (Å²) in [5, 5.41) is 8.13. The zero-order valence-corrected chi connectivity index (χ0v) is 6.89. The Morgan fingerprint density at radius 2 is 2.08 bits per heavy atom. The summed E-state index contributed by atoms with van der Waals surface area (Å²) < 4.78 is 40.5. The van der Waals surface area contributed by atoms with Crippen LogP contribution in [0.3, 0.4) is 0 Å². The molecular formula is C7H9F3O3. The van der Waals surface area contributed by atoms with Gasteiger partial charge in [0.2, 0.25) is 0 Å². The zero-order chi connectivity index (χ0) is 10.5. The first kappa shape index (κ1) is 12.0. The number of aliphatic carboxylic acids is 1. The Hall–Kier alpha value is -1.04. The van der Waals surface area contributed by atoms with E-state index in [1.54, 1.807) is 0 Å². The van der Waals surface area contributed by atoms with Gasteiger partial charge in [0.25, 0.3) is 0 Å². The second-order valence-corrected chi connectivity index (χ2v) is 2.25. The van der Waals surface area contributed by atoms with Crippen LogP contribution in [0.25, 0.3) is 0 Å². The number of rotatable bonds is 4. The van der Waals surface area contributed by atoms with Crippen LogP contribution in [-0.4, -0.2) is 31.0 Å². The van der Waals surface area contributed by atoms with Gasteiger partial charge in [0, 0.05) is 25.2 Å². The van der Waals surface area contributed by atoms with Crippen LogP contribution in [0.5, 0.6) is 0 Å². The van der Waals surface area contributed by atoms with Crippen LogP contribution in [0.4, 0.5) is 13.2 Å². The first-order chi connectivity index (χ1) is 5.88. The number of halogens is 3. The van der Waals surface area contributed by atoms with Gasteiger partial charge in [-0.3, -0.25) is 0 Å². The Labute approximate surface area is 72.8 Å². The molecule has 0 aliphatic heterocycles. The minimum absolute atomic E-state index is 0.152. The molecule has 0 atom stereocenters. The molecule has 0 bridgehead atoms. The molecular weight excluding hydrogens is 189 g/mol. The maximum Gasteiger partial charge on any atom is 0.413 e. The molecule has 0 aliphatic carbocycles. The summed E-state index contributed by atoms with van der Waals surface area (Å²) in [5.74, 6) is -1.61. The smallest absolute Gasteiger partial charge is 0.413 e. The molecule has 3 nitrogen and oxygen atoms in total. The van der Waals surface area contributed by atoms with Crippen molar-refractivity contribution >= 4 is 5.97 Å². The molecule has 0 saturated heterocycles. The molecule has 0 spiro atoms. The molecule has 0 radical (unpaired) electrons. The number of carboxylic acids is 1. The van der Waals surface area contributed by atoms with Crippen molar-refractivity contribution in [3.05, 3.63) is 11.6 Å². The molecule has 6 heteroatoms. The van der Waals surface area contributed by atoms with Crippen molar-refractivity contribution in [2.75, 3.05) is 13.7 Å². The fraction of sp³-hybridized carbons (Fsp3) is 0.571. The molecule has 0 heterocycles. The zero-order valence-electron chi connectivity index (χ0n) is 6.89. The van der Waals surface area contributed by atoms with Crippen LogP contribution in [0.2, 0.25) is 0 Å². The lowest BCUT2D eigenvalue weighted by Crippen LogP contribution is -2.15. The van der Waals surface area contributed by atoms with E-state index in [9.17, 15) is 18.0 Å². The summed E-state index contributed by atoms with van der Waals surface area (Å²) in [6.45, 7) is -0.154. The van der Waals surface area contributed by atoms with Crippen molar-refractivity contribution in [3.63, 3.8) is 0 Å². The second-order valence-electron chi connectivity index (χ2n) is 2.25. The van der Waals surface area contributed by atoms with Crippen molar-refractivity contribution in [1.82, 2.24) is 0 Å². The monoisotopic (exact) mass is 198 g/mol. The van der Waals surface area contributed by atoms with Crippen LogP contribution < -0.4 is 0 Å². The molecule has 0 amide bonds. The number of carbonyl (C=O) groups is 1. The van der Waals surface area contributed by atoms with E-state index in [2.05, 4.69) is 4.74 Å². The highest BCUT2D eigenvalue weighted by molar-refractivity contribution is 5.80. The Kier molecular flexibility index (Phi) is 4.47. The van der Waals surface area contributed by atoms with Gasteiger partial charge in [-0.25, -0.2) is 4.79 Å². The fourth-order valence-corrected chi connectivity index (χ4v) is 0.657. The van der Waals surface area contributed by atoms with Gasteiger partial charge >= 0.3 is 12.1 Å². The standard InChI is InChI=1S/C7H9F3O3/c1-13-3-2-5(4-6(11)12)7(8,9)10/h4H,2-3H2,1H3,(H,11,12)/b5-4+. The molecule has 0 saturated carbocycles. The predicted octanol–water partition coefficient (Wildman–Crippen LogP) is 1.60. The highest BCUT2D eigenvalue weighted by Gasteiger charge is 2.33. The van der Waals surface area contributed by atoms with Crippen molar-refractivity contribution in [3.8, 4) is 0 Å². The van der Waals surface area contributed by atoms with Gasteiger partial charge in [0.15, 0.2) is 0 Å². The number of ether oxygens (including phenoxy) is 1. The van der Waals surface area contributed by atoms with E-state index in [4.69, 9.17) is 5.11 Å². The Bertz CT molecular complexity index is 208. The summed E-state index contributed by atoms with van der Waals surface area (Å²) in [5.41, 5.74) is -1.10. The molecule has 1 N–H and O–H groups in total. The third-order valence-corrected chi connectivity index (χ3v) is 1.24. The number of carboxylic acid groups (broad SMARTS) is 1. The third kappa shape index (κ3) is 5.24. The minimum atomic E-state index is -4.60. The summed E-state index contributed by atoms with van der Waals surface area (Å²) in [6.07, 6.45) is -4.90. The van der Waals surface area contributed by atoms with Crippen molar-refractivity contribution < 1.29 is 27.8 Å². The number of hydrogen-bond donors (Lipinski definition) is 1. The SMILES string of the molecule is COCC/C(=C\C(=O)O)C(F)(F)F. The van der Waals surface area contributed by atoms with Gasteiger partial charge in [-0.2, -0.15) is 13.2 Å². The highest BCUT2D eigenvalue weighted by Crippen LogP contribution is 2.27. The predicted molar refractivity (Wildman–Crippen MR) is 38.3 cm³/mol. The van der Waals surface area contributed by atoms with E-state index >= 15 is 0 Å². The minimum Gasteiger partial charge on any atom is -0.478 e. The Morgan fingerprint density at radius 3 is 2.38 bits per heavy atom. The second kappa shape index (κ2) is 4.86. The van der Waals surface area contributed by atoms with Crippen molar-refractivity contribution in [2.24, 2.45) is 0 Å². The number of hydrogen-bond acceptors (Lipinski definition) is 2. The lowest BCUT2D eigenvalue weighted by Gasteiger charge is -2.09. The highest BCUT2D eigenvalue weighted by atomic mass is 19.4. The van der Waals surface area contributed by atoms with Gasteiger partial charge in [-0.05, 0) is 0 Å². The van der Waals surface area contributed by atoms with Crippen LogP contribution in [0.1, 0.15) is 6.42 Å². The summed E-state index contributed by atoms with van der Waals surface area (Å²) in [7, 11) is 1.24. The largest absolute Gasteiger partial charge is 0.478 e. The Morgan fingerprint density at radius 1 is 1.54 bits per heavy atom. The van der Waals surface area contributed by atoms with Gasteiger partial charge in [-0.1, -0.05) is 0 Å². The third-order valence-electron chi connectivity index (χ3n) is 1.24. The van der Waals surface area contributed by atoms with Crippen LogP contribution in [0.15, 0.2) is 11.6 Å². The molecule has 0 aromatic carbocycles. The summed E-state index contributed by atoms with van der Waals surface area (Å²) in [4.78, 5) is 10.0. The van der Waals surface area contributed by atoms with E-state index in [1.807, 2.05) is 0 Å². The number of methoxy groups -OCH3 is 1. The van der Waals surface area contributed by atoms with Crippen LogP contribution in [-0.2, 0) is 9.53 Å². The van der Waals surface area contributed by atoms with Gasteiger partial charge in [0.1, 0.15) is 0 Å². The summed E-state index contributed by atoms with van der Waals surface area (Å²) in [6, 6.07) is 0. The maximum atomic E-state index is 12.0. The topological polar surface area (TPSA) is 46.5 Å². The van der Waals surface area contributed by atoms with Crippen LogP contribution >= 0.6 is 0 Å². The first-order valence-corrected chi connectivity index (χ1v) is 3.37. The lowest BCUT2D eigenvalue weighted by molar-refractivity contribution is -0.132. The average Bonchev–Trinajstić information content (AvgIpc) is 1.95. The lowest BCUT2D eigenvalue weighted by atomic mass is 10.2. The van der Waals surface area contributed by atoms with Crippen molar-refractivity contribution in [2.45, 2.75) is 12.6 Å². The van der Waals surface area contributed by atoms with Gasteiger partial charge in [0.05, 0.1) is 6.61 Å². The fourth-order valence-electron chi connectivity index (χ4n) is 0.657. The van der Waals surface area contributed by atoms with E-state index in [0.29, 0.717) is 0 Å². The quantitative estimate of drug-likeness (QED) is 0.698. The molecule has 0 aromatic rings. The van der Waals surface area contributed by atoms with Crippen LogP contribution in [0, 0.1) is 0 Å². The molecule has 0 aromatic heterocycles.